The number of aromatic nitrogens is 4. The molecule has 0 radical (unpaired) electrons. The lowest BCUT2D eigenvalue weighted by atomic mass is 9.96. The van der Waals surface area contributed by atoms with Crippen LogP contribution in [0.3, 0.4) is 0 Å². The molecule has 1 aliphatic rings. The third kappa shape index (κ3) is 3.75. The maximum Gasteiger partial charge on any atom is 0.293 e. The topological polar surface area (TPSA) is 80.3 Å². The SMILES string of the molecule is CN(Cc1ccco1)Cc1cncc2c1CCN(C(=O)c1ncn(C)n1)C2. The third-order valence-corrected chi connectivity index (χ3v) is 4.75. The number of pyridine rings is 1. The van der Waals surface area contributed by atoms with Gasteiger partial charge in [-0.2, -0.15) is 0 Å². The van der Waals surface area contributed by atoms with Crippen LogP contribution in [0.15, 0.2) is 41.5 Å². The zero-order chi connectivity index (χ0) is 18.8. The molecule has 0 spiro atoms. The molecule has 0 N–H and O–H groups in total. The summed E-state index contributed by atoms with van der Waals surface area (Å²) in [5, 5.41) is 4.12. The van der Waals surface area contributed by atoms with Crippen molar-refractivity contribution >= 4 is 5.91 Å². The largest absolute Gasteiger partial charge is 0.468 e. The Balaban J connectivity index is 1.47. The molecule has 0 aromatic carbocycles. The van der Waals surface area contributed by atoms with Gasteiger partial charge in [0.1, 0.15) is 12.1 Å². The number of carbonyl (C=O) groups is 1. The van der Waals surface area contributed by atoms with E-state index in [9.17, 15) is 4.79 Å². The van der Waals surface area contributed by atoms with Crippen molar-refractivity contribution in [1.29, 1.82) is 0 Å². The van der Waals surface area contributed by atoms with Crippen molar-refractivity contribution in [3.63, 3.8) is 0 Å². The molecule has 3 aromatic rings. The summed E-state index contributed by atoms with van der Waals surface area (Å²) < 4.78 is 6.96. The van der Waals surface area contributed by atoms with Crippen LogP contribution in [0.25, 0.3) is 0 Å². The van der Waals surface area contributed by atoms with Gasteiger partial charge in [0.05, 0.1) is 12.8 Å². The van der Waals surface area contributed by atoms with Crippen LogP contribution in [-0.4, -0.2) is 49.0 Å². The fourth-order valence-electron chi connectivity index (χ4n) is 3.47. The van der Waals surface area contributed by atoms with Gasteiger partial charge in [0.25, 0.3) is 5.91 Å². The van der Waals surface area contributed by atoms with Crippen molar-refractivity contribution in [3.05, 3.63) is 65.4 Å². The molecule has 0 saturated heterocycles. The molecule has 0 aliphatic carbocycles. The van der Waals surface area contributed by atoms with E-state index < -0.39 is 0 Å². The molecule has 1 aliphatic heterocycles. The van der Waals surface area contributed by atoms with E-state index in [2.05, 4.69) is 27.0 Å². The first-order valence-electron chi connectivity index (χ1n) is 8.90. The number of carbonyl (C=O) groups excluding carboxylic acids is 1. The molecular weight excluding hydrogens is 344 g/mol. The zero-order valence-electron chi connectivity index (χ0n) is 15.5. The average Bonchev–Trinajstić information content (AvgIpc) is 3.32. The Morgan fingerprint density at radius 1 is 1.33 bits per heavy atom. The summed E-state index contributed by atoms with van der Waals surface area (Å²) in [7, 11) is 3.82. The minimum atomic E-state index is -0.137. The van der Waals surface area contributed by atoms with E-state index in [4.69, 9.17) is 4.42 Å². The van der Waals surface area contributed by atoms with Crippen LogP contribution >= 0.6 is 0 Å². The van der Waals surface area contributed by atoms with Gasteiger partial charge in [-0.15, -0.1) is 5.10 Å². The first kappa shape index (κ1) is 17.4. The van der Waals surface area contributed by atoms with Gasteiger partial charge in [0.2, 0.25) is 5.82 Å². The monoisotopic (exact) mass is 366 g/mol. The van der Waals surface area contributed by atoms with E-state index in [-0.39, 0.29) is 11.7 Å². The van der Waals surface area contributed by atoms with Crippen LogP contribution in [0.4, 0.5) is 0 Å². The number of hydrogen-bond acceptors (Lipinski definition) is 6. The number of rotatable bonds is 5. The second-order valence-corrected chi connectivity index (χ2v) is 6.91. The Morgan fingerprint density at radius 2 is 2.22 bits per heavy atom. The Kier molecular flexibility index (Phi) is 4.72. The van der Waals surface area contributed by atoms with E-state index in [1.807, 2.05) is 24.5 Å². The van der Waals surface area contributed by atoms with Crippen molar-refractivity contribution in [2.24, 2.45) is 7.05 Å². The minimum Gasteiger partial charge on any atom is -0.468 e. The molecule has 0 saturated carbocycles. The smallest absolute Gasteiger partial charge is 0.293 e. The highest BCUT2D eigenvalue weighted by atomic mass is 16.3. The summed E-state index contributed by atoms with van der Waals surface area (Å²) in [5.74, 6) is 1.04. The summed E-state index contributed by atoms with van der Waals surface area (Å²) in [6, 6.07) is 3.88. The van der Waals surface area contributed by atoms with Gasteiger partial charge in [-0.1, -0.05) is 0 Å². The van der Waals surface area contributed by atoms with Crippen LogP contribution in [-0.2, 0) is 33.1 Å². The van der Waals surface area contributed by atoms with Crippen molar-refractivity contribution in [2.75, 3.05) is 13.6 Å². The highest BCUT2D eigenvalue weighted by molar-refractivity contribution is 5.90. The van der Waals surface area contributed by atoms with Gasteiger partial charge < -0.3 is 9.32 Å². The number of fused-ring (bicyclic) bond motifs is 1. The van der Waals surface area contributed by atoms with Gasteiger partial charge in [-0.25, -0.2) is 4.98 Å². The Labute approximate surface area is 157 Å². The summed E-state index contributed by atoms with van der Waals surface area (Å²) in [5.41, 5.74) is 3.58. The van der Waals surface area contributed by atoms with E-state index in [1.165, 1.54) is 11.1 Å². The predicted molar refractivity (Wildman–Crippen MR) is 97.6 cm³/mol. The Bertz CT molecular complexity index is 934. The number of amides is 1. The average molecular weight is 366 g/mol. The fourth-order valence-corrected chi connectivity index (χ4v) is 3.47. The molecule has 140 valence electrons. The molecule has 1 amide bonds. The second kappa shape index (κ2) is 7.32. The maximum absolute atomic E-state index is 12.6. The second-order valence-electron chi connectivity index (χ2n) is 6.91. The van der Waals surface area contributed by atoms with Gasteiger partial charge in [-0.05, 0) is 42.3 Å². The summed E-state index contributed by atoms with van der Waals surface area (Å²) in [6.07, 6.45) is 7.82. The van der Waals surface area contributed by atoms with E-state index >= 15 is 0 Å². The molecule has 27 heavy (non-hydrogen) atoms. The molecule has 8 heteroatoms. The quantitative estimate of drug-likeness (QED) is 0.683. The lowest BCUT2D eigenvalue weighted by Crippen LogP contribution is -2.37. The number of nitrogens with zero attached hydrogens (tertiary/aromatic N) is 6. The van der Waals surface area contributed by atoms with Crippen LogP contribution in [0.5, 0.6) is 0 Å². The maximum atomic E-state index is 12.6. The summed E-state index contributed by atoms with van der Waals surface area (Å²) in [6.45, 7) is 2.72. The molecule has 8 nitrogen and oxygen atoms in total. The first-order valence-corrected chi connectivity index (χ1v) is 8.90. The number of hydrogen-bond donors (Lipinski definition) is 0. The van der Waals surface area contributed by atoms with Gasteiger partial charge >= 0.3 is 0 Å². The van der Waals surface area contributed by atoms with Crippen molar-refractivity contribution in [2.45, 2.75) is 26.1 Å². The van der Waals surface area contributed by atoms with Gasteiger partial charge in [0.15, 0.2) is 0 Å². The van der Waals surface area contributed by atoms with Crippen molar-refractivity contribution in [1.82, 2.24) is 29.5 Å². The summed E-state index contributed by atoms with van der Waals surface area (Å²) in [4.78, 5) is 25.1. The predicted octanol–water partition coefficient (Wildman–Crippen LogP) is 1.63. The van der Waals surface area contributed by atoms with Crippen LogP contribution in [0.2, 0.25) is 0 Å². The highest BCUT2D eigenvalue weighted by Gasteiger charge is 2.26. The molecule has 3 aromatic heterocycles. The summed E-state index contributed by atoms with van der Waals surface area (Å²) >= 11 is 0. The molecule has 0 fully saturated rings. The molecule has 0 unspecified atom stereocenters. The van der Waals surface area contributed by atoms with Crippen molar-refractivity contribution < 1.29 is 9.21 Å². The minimum absolute atomic E-state index is 0.137. The molecular formula is C19H22N6O2. The lowest BCUT2D eigenvalue weighted by molar-refractivity contribution is 0.0721. The van der Waals surface area contributed by atoms with E-state index in [0.717, 1.165) is 30.8 Å². The molecule has 4 rings (SSSR count). The standard InChI is InChI=1S/C19H22N6O2/c1-23(12-16-4-3-7-27-16)10-14-8-20-9-15-11-25(6-5-17(14)15)19(26)18-21-13-24(2)22-18/h3-4,7-9,13H,5-6,10-12H2,1-2H3. The van der Waals surface area contributed by atoms with Gasteiger partial charge in [0, 0.05) is 39.1 Å². The molecule has 0 bridgehead atoms. The van der Waals surface area contributed by atoms with E-state index in [0.29, 0.717) is 13.1 Å². The normalized spacial score (nSPS) is 13.8. The zero-order valence-corrected chi connectivity index (χ0v) is 15.5. The first-order chi connectivity index (χ1) is 13.1. The van der Waals surface area contributed by atoms with Gasteiger partial charge in [-0.3, -0.25) is 19.4 Å². The third-order valence-electron chi connectivity index (χ3n) is 4.75. The highest BCUT2D eigenvalue weighted by Crippen LogP contribution is 2.23. The fraction of sp³-hybridized carbons (Fsp3) is 0.368. The van der Waals surface area contributed by atoms with Crippen LogP contribution < -0.4 is 0 Å². The van der Waals surface area contributed by atoms with Crippen LogP contribution in [0, 0.1) is 0 Å². The lowest BCUT2D eigenvalue weighted by Gasteiger charge is -2.29. The van der Waals surface area contributed by atoms with E-state index in [1.54, 1.807) is 29.2 Å². The Morgan fingerprint density at radius 3 is 2.96 bits per heavy atom. The molecule has 0 atom stereocenters. The number of aryl methyl sites for hydroxylation is 1. The Hall–Kier alpha value is -3.00. The van der Waals surface area contributed by atoms with Crippen LogP contribution in [0.1, 0.15) is 33.1 Å². The van der Waals surface area contributed by atoms with Crippen molar-refractivity contribution in [3.8, 4) is 0 Å². The number of furan rings is 1. The molecule has 4 heterocycles.